The maximum atomic E-state index is 7.38. The van der Waals surface area contributed by atoms with Gasteiger partial charge in [0.15, 0.2) is 0 Å². The standard InChI is InChI=1S/Mn.4H2O.Pb.Ti.2H/h;4*1H2;;;;/q;;;;;;+4;;/p-4. The zero-order valence-electron chi connectivity index (χ0n) is 3.37. The molecule has 0 atom stereocenters. The number of rotatable bonds is 0. The van der Waals surface area contributed by atoms with E-state index in [9.17, 15) is 0 Å². The third-order valence-corrected chi connectivity index (χ3v) is 0. The van der Waals surface area contributed by atoms with Crippen molar-refractivity contribution < 1.29 is 50.0 Å². The van der Waals surface area contributed by atoms with Crippen molar-refractivity contribution >= 4 is 27.3 Å². The van der Waals surface area contributed by atoms with Crippen LogP contribution in [0.4, 0.5) is 0 Å². The minimum atomic E-state index is -5.00. The molecule has 7 heavy (non-hydrogen) atoms. The number of hydrogen-bond acceptors (Lipinski definition) is 4. The van der Waals surface area contributed by atoms with Crippen LogP contribution in [0.1, 0.15) is 0 Å². The average molecular weight is 380 g/mol. The fraction of sp³-hybridized carbons (Fsp3) is 0. The van der Waals surface area contributed by atoms with Gasteiger partial charge in [0.05, 0.1) is 0 Å². The Hall–Kier alpha value is 2.00. The zero-order chi connectivity index (χ0) is 4.50. The van der Waals surface area contributed by atoms with Crippen LogP contribution in [0, 0.1) is 0 Å². The molecule has 0 aromatic heterocycles. The molecule has 45 valence electrons. The Kier molecular flexibility index (Phi) is 14.0. The molecular formula is H6MnO4PbTi. The van der Waals surface area contributed by atoms with Crippen LogP contribution in [0.2, 0.25) is 0 Å². The van der Waals surface area contributed by atoms with E-state index in [1.807, 2.05) is 0 Å². The fourth-order valence-electron chi connectivity index (χ4n) is 0. The first-order valence-corrected chi connectivity index (χ1v) is 3.69. The van der Waals surface area contributed by atoms with Crippen LogP contribution < -0.4 is 0 Å². The molecule has 7 heteroatoms. The Balaban J connectivity index is -0.0000000800. The molecule has 0 heterocycles. The third-order valence-electron chi connectivity index (χ3n) is 0. The van der Waals surface area contributed by atoms with Gasteiger partial charge in [-0.05, 0) is 0 Å². The zero-order valence-corrected chi connectivity index (χ0v) is 11.6. The summed E-state index contributed by atoms with van der Waals surface area (Å²) in [5, 5.41) is 0. The molecule has 3 radical (unpaired) electrons. The van der Waals surface area contributed by atoms with Crippen molar-refractivity contribution in [3.8, 4) is 0 Å². The molecule has 0 unspecified atom stereocenters. The predicted molar refractivity (Wildman–Crippen MR) is 17.4 cm³/mol. The average Bonchev–Trinajstić information content (AvgIpc) is 0.722. The molecule has 0 aliphatic carbocycles. The van der Waals surface area contributed by atoms with Crippen LogP contribution in [0.15, 0.2) is 0 Å². The summed E-state index contributed by atoms with van der Waals surface area (Å²) in [5.41, 5.74) is 0. The summed E-state index contributed by atoms with van der Waals surface area (Å²) >= 11 is -5.00. The summed E-state index contributed by atoms with van der Waals surface area (Å²) in [6.07, 6.45) is 0. The van der Waals surface area contributed by atoms with Crippen molar-refractivity contribution in [2.45, 2.75) is 0 Å². The van der Waals surface area contributed by atoms with Gasteiger partial charge in [-0.15, -0.1) is 0 Å². The van der Waals surface area contributed by atoms with E-state index in [0.717, 1.165) is 0 Å². The first-order chi connectivity index (χ1) is 2.00. The van der Waals surface area contributed by atoms with Crippen LogP contribution in [0.5, 0.6) is 0 Å². The summed E-state index contributed by atoms with van der Waals surface area (Å²) < 4.78 is 29.5. The Labute approximate surface area is 76.4 Å². The molecule has 0 bridgehead atoms. The van der Waals surface area contributed by atoms with E-state index in [1.165, 1.54) is 0 Å². The molecule has 0 saturated heterocycles. The monoisotopic (exact) mass is 381 g/mol. The quantitative estimate of drug-likeness (QED) is 0.335. The van der Waals surface area contributed by atoms with E-state index < -0.39 is 18.1 Å². The van der Waals surface area contributed by atoms with Gasteiger partial charge >= 0.3 is 60.2 Å². The van der Waals surface area contributed by atoms with Crippen LogP contribution >= 0.6 is 0 Å². The van der Waals surface area contributed by atoms with Gasteiger partial charge in [0.1, 0.15) is 0 Å². The molecule has 0 saturated carbocycles. The van der Waals surface area contributed by atoms with Crippen molar-refractivity contribution in [1.29, 1.82) is 0 Å². The van der Waals surface area contributed by atoms with Gasteiger partial charge < -0.3 is 0 Å². The molecule has 0 amide bonds. The van der Waals surface area contributed by atoms with E-state index in [0.29, 0.717) is 0 Å². The second-order valence-electron chi connectivity index (χ2n) is 0.600. The van der Waals surface area contributed by atoms with Gasteiger partial charge in [-0.3, -0.25) is 0 Å². The Bertz CT molecular complexity index is 27.2. The predicted octanol–water partition coefficient (Wildman–Crippen LogP) is -3.15. The Morgan fingerprint density at radius 2 is 0.857 bits per heavy atom. The molecule has 4 N–H and O–H groups in total. The molecule has 4 nitrogen and oxygen atoms in total. The van der Waals surface area contributed by atoms with Gasteiger partial charge in [-0.25, -0.2) is 0 Å². The normalized spacial score (nSPS) is 8.57. The summed E-state index contributed by atoms with van der Waals surface area (Å²) in [6.45, 7) is 0. The van der Waals surface area contributed by atoms with Crippen molar-refractivity contribution in [2.24, 2.45) is 0 Å². The van der Waals surface area contributed by atoms with Gasteiger partial charge in [0, 0.05) is 17.1 Å². The van der Waals surface area contributed by atoms with Crippen molar-refractivity contribution in [3.63, 3.8) is 0 Å². The van der Waals surface area contributed by atoms with Crippen molar-refractivity contribution in [2.75, 3.05) is 0 Å². The Morgan fingerprint density at radius 3 is 0.857 bits per heavy atom. The van der Waals surface area contributed by atoms with Crippen LogP contribution in [0.3, 0.4) is 0 Å². The van der Waals surface area contributed by atoms with Gasteiger partial charge in [0.2, 0.25) is 0 Å². The molecule has 0 aromatic carbocycles. The third kappa shape index (κ3) is 72.2. The summed E-state index contributed by atoms with van der Waals surface area (Å²) in [6, 6.07) is 0. The topological polar surface area (TPSA) is 80.9 Å². The van der Waals surface area contributed by atoms with E-state index in [2.05, 4.69) is 0 Å². The van der Waals surface area contributed by atoms with Crippen LogP contribution in [0.25, 0.3) is 0 Å². The van der Waals surface area contributed by atoms with Gasteiger partial charge in [-0.1, -0.05) is 0 Å². The Morgan fingerprint density at radius 1 is 0.857 bits per heavy atom. The molecule has 0 aliphatic heterocycles. The molecule has 0 aromatic rings. The maximum absolute atomic E-state index is 7.38. The van der Waals surface area contributed by atoms with Crippen LogP contribution in [-0.2, 0) is 35.2 Å². The molecule has 0 fully saturated rings. The first-order valence-electron chi connectivity index (χ1n) is 0.894. The molecule has 0 aliphatic rings. The second kappa shape index (κ2) is 6.12. The fourth-order valence-corrected chi connectivity index (χ4v) is 0. The summed E-state index contributed by atoms with van der Waals surface area (Å²) in [4.78, 5) is 0. The minimum absolute atomic E-state index is 0. The van der Waals surface area contributed by atoms with Gasteiger partial charge in [-0.2, -0.15) is 0 Å². The van der Waals surface area contributed by atoms with Crippen molar-refractivity contribution in [1.82, 2.24) is 0 Å². The SMILES string of the molecule is [Mn].[OH][Ti]([OH])([OH])[OH].[PbH2]. The van der Waals surface area contributed by atoms with E-state index in [1.54, 1.807) is 0 Å². The van der Waals surface area contributed by atoms with E-state index in [4.69, 9.17) is 14.8 Å². The molecule has 0 rings (SSSR count). The molecule has 0 spiro atoms. The molecular weight excluding hydrogens is 374 g/mol. The first kappa shape index (κ1) is 16.0. The van der Waals surface area contributed by atoms with E-state index >= 15 is 0 Å². The number of hydrogen-bond donors (Lipinski definition) is 4. The van der Waals surface area contributed by atoms with Crippen molar-refractivity contribution in [3.05, 3.63) is 0 Å². The summed E-state index contributed by atoms with van der Waals surface area (Å²) in [7, 11) is 0. The second-order valence-corrected chi connectivity index (χ2v) is 2.47. The summed E-state index contributed by atoms with van der Waals surface area (Å²) in [5.74, 6) is 0. The van der Waals surface area contributed by atoms with Gasteiger partial charge in [0.25, 0.3) is 0 Å². The van der Waals surface area contributed by atoms with Crippen LogP contribution in [-0.4, -0.2) is 42.1 Å². The van der Waals surface area contributed by atoms with E-state index in [-0.39, 0.29) is 44.4 Å².